The van der Waals surface area contributed by atoms with E-state index in [2.05, 4.69) is 48.5 Å². The molecule has 3 unspecified atom stereocenters. The van der Waals surface area contributed by atoms with Crippen LogP contribution in [0.3, 0.4) is 0 Å². The molecule has 0 aromatic heterocycles. The molecule has 0 aliphatic carbocycles. The van der Waals surface area contributed by atoms with Crippen LogP contribution in [-0.4, -0.2) is 96.7 Å². The molecule has 0 aliphatic rings. The lowest BCUT2D eigenvalue weighted by Crippen LogP contribution is -2.30. The monoisotopic (exact) mass is 1630 g/mol. The molecule has 3 N–H and O–H groups in total. The minimum absolute atomic E-state index is 0.107. The van der Waals surface area contributed by atoms with Crippen molar-refractivity contribution in [1.29, 1.82) is 0 Å². The molecule has 0 bridgehead atoms. The first-order valence-corrected chi connectivity index (χ1v) is 50.9. The number of hydrogen-bond acceptors (Lipinski definition) is 15. The smallest absolute Gasteiger partial charge is 0.462 e. The number of rotatable bonds is 91. The summed E-state index contributed by atoms with van der Waals surface area (Å²) in [6, 6.07) is 0. The van der Waals surface area contributed by atoms with Crippen LogP contribution in [0.5, 0.6) is 0 Å². The van der Waals surface area contributed by atoms with Crippen LogP contribution in [0, 0.1) is 17.8 Å². The lowest BCUT2D eigenvalue weighted by molar-refractivity contribution is -0.161. The molecule has 0 fully saturated rings. The molecule has 0 rings (SSSR count). The van der Waals surface area contributed by atoms with Crippen LogP contribution in [-0.2, 0) is 65.4 Å². The standard InChI is InChI=1S/C93H182O17P2/c1-8-10-11-12-13-14-15-16-17-18-19-20-21-22-26-29-34-39-46-53-60-67-74-90(95)103-80-88(109-92(97)76-69-62-55-47-40-35-30-27-24-23-25-28-33-38-45-52-59-66-73-86(7)9-2)82-107-111(99,100)105-78-87(94)79-106-112(101,102)108-83-89(81-104-91(96)75-68-61-54-49-42-44-51-58-65-72-85(5)6)110-93(98)77-70-63-56-48-41-36-31-32-37-43-50-57-64-71-84(3)4/h84-89,94H,8-83H2,1-7H3,(H,99,100)(H,101,102)/t86?,87-,88-,89-/m1/s1. The second kappa shape index (κ2) is 82.7. The third kappa shape index (κ3) is 84.5. The van der Waals surface area contributed by atoms with E-state index < -0.39 is 97.5 Å². The second-order valence-electron chi connectivity index (χ2n) is 34.6. The lowest BCUT2D eigenvalue weighted by Gasteiger charge is -2.21. The molecule has 0 heterocycles. The number of hydrogen-bond donors (Lipinski definition) is 3. The highest BCUT2D eigenvalue weighted by atomic mass is 31.2. The number of esters is 4. The molecule has 0 aromatic rings. The lowest BCUT2D eigenvalue weighted by atomic mass is 9.99. The molecule has 0 amide bonds. The highest BCUT2D eigenvalue weighted by Gasteiger charge is 2.31. The van der Waals surface area contributed by atoms with Gasteiger partial charge >= 0.3 is 39.5 Å². The summed E-state index contributed by atoms with van der Waals surface area (Å²) in [4.78, 5) is 73.5. The molecule has 0 radical (unpaired) electrons. The van der Waals surface area contributed by atoms with Crippen molar-refractivity contribution >= 4 is 39.5 Å². The Morgan fingerprint density at radius 3 is 0.679 bits per heavy atom. The molecule has 0 saturated carbocycles. The fourth-order valence-corrected chi connectivity index (χ4v) is 16.2. The van der Waals surface area contributed by atoms with E-state index >= 15 is 0 Å². The van der Waals surface area contributed by atoms with Gasteiger partial charge in [0.25, 0.3) is 0 Å². The van der Waals surface area contributed by atoms with Gasteiger partial charge in [0, 0.05) is 25.7 Å². The Kier molecular flexibility index (Phi) is 81.3. The van der Waals surface area contributed by atoms with E-state index in [1.165, 1.54) is 308 Å². The van der Waals surface area contributed by atoms with Crippen molar-refractivity contribution in [2.75, 3.05) is 39.6 Å². The van der Waals surface area contributed by atoms with Gasteiger partial charge in [-0.15, -0.1) is 0 Å². The van der Waals surface area contributed by atoms with Crippen molar-refractivity contribution in [3.05, 3.63) is 0 Å². The van der Waals surface area contributed by atoms with E-state index in [9.17, 15) is 43.2 Å². The Bertz CT molecular complexity index is 2150. The van der Waals surface area contributed by atoms with Crippen LogP contribution in [0.1, 0.15) is 498 Å². The largest absolute Gasteiger partial charge is 0.472 e. The average Bonchev–Trinajstić information content (AvgIpc) is 0.903. The number of phosphoric ester groups is 2. The predicted octanol–water partition coefficient (Wildman–Crippen LogP) is 28.8. The molecule has 0 spiro atoms. The summed E-state index contributed by atoms with van der Waals surface area (Å²) in [6.45, 7) is 12.1. The van der Waals surface area contributed by atoms with Gasteiger partial charge in [-0.2, -0.15) is 0 Å². The van der Waals surface area contributed by atoms with Gasteiger partial charge in [-0.3, -0.25) is 37.3 Å². The molecule has 0 saturated heterocycles. The van der Waals surface area contributed by atoms with Gasteiger partial charge in [0.1, 0.15) is 19.3 Å². The zero-order chi connectivity index (χ0) is 82.2. The summed E-state index contributed by atoms with van der Waals surface area (Å²) in [5.74, 6) is 0.304. The molecule has 6 atom stereocenters. The van der Waals surface area contributed by atoms with E-state index in [-0.39, 0.29) is 25.7 Å². The van der Waals surface area contributed by atoms with Crippen LogP contribution in [0.25, 0.3) is 0 Å². The molecular formula is C93H182O17P2. The van der Waals surface area contributed by atoms with Gasteiger partial charge in [0.2, 0.25) is 0 Å². The highest BCUT2D eigenvalue weighted by Crippen LogP contribution is 2.45. The fraction of sp³-hybridized carbons (Fsp3) is 0.957. The van der Waals surface area contributed by atoms with Crippen LogP contribution in [0.15, 0.2) is 0 Å². The van der Waals surface area contributed by atoms with Gasteiger partial charge in [-0.1, -0.05) is 447 Å². The van der Waals surface area contributed by atoms with Crippen molar-refractivity contribution in [3.63, 3.8) is 0 Å². The molecule has 112 heavy (non-hydrogen) atoms. The Balaban J connectivity index is 5.24. The van der Waals surface area contributed by atoms with E-state index in [0.29, 0.717) is 25.7 Å². The quantitative estimate of drug-likeness (QED) is 0.0222. The maximum Gasteiger partial charge on any atom is 0.472 e. The van der Waals surface area contributed by atoms with Crippen molar-refractivity contribution in [2.24, 2.45) is 17.8 Å². The number of phosphoric acid groups is 2. The van der Waals surface area contributed by atoms with Gasteiger partial charge in [-0.25, -0.2) is 9.13 Å². The van der Waals surface area contributed by atoms with E-state index in [4.69, 9.17) is 37.0 Å². The number of ether oxygens (including phenoxy) is 4. The van der Waals surface area contributed by atoms with Crippen molar-refractivity contribution in [1.82, 2.24) is 0 Å². The molecule has 0 aromatic carbocycles. The maximum absolute atomic E-state index is 13.2. The third-order valence-electron chi connectivity index (χ3n) is 22.2. The molecule has 0 aliphatic heterocycles. The summed E-state index contributed by atoms with van der Waals surface area (Å²) in [5.41, 5.74) is 0. The highest BCUT2D eigenvalue weighted by molar-refractivity contribution is 7.47. The average molecular weight is 1630 g/mol. The Labute approximate surface area is 689 Å². The molecule has 666 valence electrons. The topological polar surface area (TPSA) is 237 Å². The molecule has 17 nitrogen and oxygen atoms in total. The van der Waals surface area contributed by atoms with Crippen molar-refractivity contribution < 1.29 is 80.2 Å². The predicted molar refractivity (Wildman–Crippen MR) is 465 cm³/mol. The number of aliphatic hydroxyl groups is 1. The molecular weight excluding hydrogens is 1450 g/mol. The fourth-order valence-electron chi connectivity index (χ4n) is 14.6. The van der Waals surface area contributed by atoms with E-state index in [1.807, 2.05) is 0 Å². The number of carbonyl (C=O) groups is 4. The molecule has 19 heteroatoms. The van der Waals surface area contributed by atoms with Crippen LogP contribution >= 0.6 is 15.6 Å². The number of unbranched alkanes of at least 4 members (excludes halogenated alkanes) is 58. The Morgan fingerprint density at radius 1 is 0.259 bits per heavy atom. The van der Waals surface area contributed by atoms with E-state index in [1.54, 1.807) is 0 Å². The third-order valence-corrected chi connectivity index (χ3v) is 24.1. The van der Waals surface area contributed by atoms with Gasteiger partial charge in [-0.05, 0) is 43.4 Å². The van der Waals surface area contributed by atoms with Crippen LogP contribution < -0.4 is 0 Å². The first-order chi connectivity index (χ1) is 54.3. The Morgan fingerprint density at radius 2 is 0.455 bits per heavy atom. The Hall–Kier alpha value is -1.94. The number of aliphatic hydroxyl groups excluding tert-OH is 1. The summed E-state index contributed by atoms with van der Waals surface area (Å²) >= 11 is 0. The first-order valence-electron chi connectivity index (χ1n) is 47.9. The minimum atomic E-state index is -4.97. The van der Waals surface area contributed by atoms with Gasteiger partial charge in [0.05, 0.1) is 26.4 Å². The second-order valence-corrected chi connectivity index (χ2v) is 37.5. The normalized spacial score (nSPS) is 14.0. The van der Waals surface area contributed by atoms with E-state index in [0.717, 1.165) is 108 Å². The summed E-state index contributed by atoms with van der Waals surface area (Å²) in [5, 5.41) is 10.7. The summed E-state index contributed by atoms with van der Waals surface area (Å²) in [7, 11) is -9.94. The van der Waals surface area contributed by atoms with Gasteiger partial charge in [0.15, 0.2) is 12.2 Å². The van der Waals surface area contributed by atoms with Crippen LogP contribution in [0.2, 0.25) is 0 Å². The summed E-state index contributed by atoms with van der Waals surface area (Å²) in [6.07, 6.45) is 76.5. The SMILES string of the molecule is CCCCCCCCCCCCCCCCCCCCCCCCC(=O)OC[C@H](COP(=O)(O)OC[C@@H](O)COP(=O)(O)OC[C@@H](COC(=O)CCCCCCCCCCCC(C)C)OC(=O)CCCCCCCCCCCCCCCC(C)C)OC(=O)CCCCCCCCCCCCCCCCCCCCC(C)CC. The number of carbonyl (C=O) groups excluding carboxylic acids is 4. The van der Waals surface area contributed by atoms with Crippen molar-refractivity contribution in [2.45, 2.75) is 516 Å². The van der Waals surface area contributed by atoms with Crippen molar-refractivity contribution in [3.8, 4) is 0 Å². The maximum atomic E-state index is 13.2. The first kappa shape index (κ1) is 110. The van der Waals surface area contributed by atoms with Gasteiger partial charge < -0.3 is 33.8 Å². The summed E-state index contributed by atoms with van der Waals surface area (Å²) < 4.78 is 69.1. The minimum Gasteiger partial charge on any atom is -0.462 e. The zero-order valence-electron chi connectivity index (χ0n) is 74.2. The zero-order valence-corrected chi connectivity index (χ0v) is 75.9. The van der Waals surface area contributed by atoms with Crippen LogP contribution in [0.4, 0.5) is 0 Å².